The quantitative estimate of drug-likeness (QED) is 0.868. The molecule has 2 atom stereocenters. The summed E-state index contributed by atoms with van der Waals surface area (Å²) < 4.78 is 0. The maximum atomic E-state index is 11.4. The molecule has 0 spiro atoms. The third kappa shape index (κ3) is 3.78. The molecule has 0 saturated carbocycles. The highest BCUT2D eigenvalue weighted by Gasteiger charge is 2.31. The number of carboxylic acids is 1. The predicted molar refractivity (Wildman–Crippen MR) is 73.1 cm³/mol. The summed E-state index contributed by atoms with van der Waals surface area (Å²) in [5.74, 6) is -1.34. The van der Waals surface area contributed by atoms with Crippen LogP contribution in [0.2, 0.25) is 0 Å². The minimum absolute atomic E-state index is 0.454. The van der Waals surface area contributed by atoms with Crippen molar-refractivity contribution in [3.8, 4) is 0 Å². The molecule has 1 heterocycles. The van der Waals surface area contributed by atoms with Crippen LogP contribution in [-0.4, -0.2) is 46.3 Å². The fourth-order valence-corrected chi connectivity index (χ4v) is 2.75. The Morgan fingerprint density at radius 1 is 1.42 bits per heavy atom. The minimum atomic E-state index is -0.809. The Morgan fingerprint density at radius 2 is 2.11 bits per heavy atom. The fraction of sp³-hybridized carbons (Fsp3) is 0.533. The summed E-state index contributed by atoms with van der Waals surface area (Å²) in [6, 6.07) is 9.30. The summed E-state index contributed by atoms with van der Waals surface area (Å²) in [4.78, 5) is 13.5. The first-order valence-corrected chi connectivity index (χ1v) is 6.70. The Bertz CT molecular complexity index is 430. The van der Waals surface area contributed by atoms with Crippen LogP contribution in [0.1, 0.15) is 31.2 Å². The van der Waals surface area contributed by atoms with Crippen LogP contribution in [0.5, 0.6) is 0 Å². The lowest BCUT2D eigenvalue weighted by Gasteiger charge is -2.37. The zero-order valence-corrected chi connectivity index (χ0v) is 11.2. The molecule has 4 nitrogen and oxygen atoms in total. The number of hydrogen-bond donors (Lipinski definition) is 2. The van der Waals surface area contributed by atoms with E-state index in [1.54, 1.807) is 0 Å². The van der Waals surface area contributed by atoms with E-state index in [1.165, 1.54) is 0 Å². The number of hydrogen-bond acceptors (Lipinski definition) is 3. The van der Waals surface area contributed by atoms with E-state index in [4.69, 9.17) is 0 Å². The number of β-amino-alcohol motifs (C(OH)–C–C–N with tert-alkyl or cyclic N) is 1. The molecule has 104 valence electrons. The Kier molecular flexibility index (Phi) is 4.22. The van der Waals surface area contributed by atoms with Crippen molar-refractivity contribution in [1.29, 1.82) is 0 Å². The zero-order chi connectivity index (χ0) is 13.9. The molecule has 1 fully saturated rings. The molecule has 0 amide bonds. The number of piperidine rings is 1. The molecule has 19 heavy (non-hydrogen) atoms. The van der Waals surface area contributed by atoms with Crippen molar-refractivity contribution in [2.75, 3.05) is 19.6 Å². The topological polar surface area (TPSA) is 60.8 Å². The number of rotatable bonds is 4. The number of carboxylic acid groups (broad SMARTS) is 1. The lowest BCUT2D eigenvalue weighted by molar-refractivity contribution is -0.139. The lowest BCUT2D eigenvalue weighted by Crippen LogP contribution is -2.47. The van der Waals surface area contributed by atoms with Gasteiger partial charge in [0.15, 0.2) is 0 Å². The number of carbonyl (C=O) groups is 1. The smallest absolute Gasteiger partial charge is 0.312 e. The highest BCUT2D eigenvalue weighted by atomic mass is 16.4. The van der Waals surface area contributed by atoms with E-state index in [1.807, 2.05) is 37.3 Å². The largest absolute Gasteiger partial charge is 0.481 e. The lowest BCUT2D eigenvalue weighted by atomic mass is 9.92. The number of aliphatic carboxylic acids is 1. The molecular formula is C15H21NO3. The van der Waals surface area contributed by atoms with Crippen molar-refractivity contribution in [3.63, 3.8) is 0 Å². The maximum Gasteiger partial charge on any atom is 0.312 e. The van der Waals surface area contributed by atoms with Crippen molar-refractivity contribution >= 4 is 5.97 Å². The van der Waals surface area contributed by atoms with Crippen LogP contribution in [0.4, 0.5) is 0 Å². The molecule has 1 aromatic rings. The van der Waals surface area contributed by atoms with Crippen LogP contribution in [0.3, 0.4) is 0 Å². The van der Waals surface area contributed by atoms with Gasteiger partial charge in [-0.3, -0.25) is 9.69 Å². The van der Waals surface area contributed by atoms with Gasteiger partial charge >= 0.3 is 5.97 Å². The molecule has 2 unspecified atom stereocenters. The van der Waals surface area contributed by atoms with Crippen LogP contribution >= 0.6 is 0 Å². The molecule has 1 aliphatic heterocycles. The van der Waals surface area contributed by atoms with Gasteiger partial charge in [0.25, 0.3) is 0 Å². The van der Waals surface area contributed by atoms with Crippen LogP contribution in [0, 0.1) is 0 Å². The molecule has 0 aromatic heterocycles. The van der Waals surface area contributed by atoms with Gasteiger partial charge in [-0.2, -0.15) is 0 Å². The van der Waals surface area contributed by atoms with E-state index >= 15 is 0 Å². The van der Waals surface area contributed by atoms with E-state index in [2.05, 4.69) is 4.90 Å². The number of benzene rings is 1. The standard InChI is InChI=1S/C15H21NO3/c1-15(19)8-5-9-16(11-15)10-13(14(17)18)12-6-3-2-4-7-12/h2-4,6-7,13,19H,5,8-11H2,1H3,(H,17,18). The van der Waals surface area contributed by atoms with Gasteiger partial charge in [-0.1, -0.05) is 30.3 Å². The van der Waals surface area contributed by atoms with Gasteiger partial charge in [0.2, 0.25) is 0 Å². The fourth-order valence-electron chi connectivity index (χ4n) is 2.75. The molecule has 1 aromatic carbocycles. The summed E-state index contributed by atoms with van der Waals surface area (Å²) in [7, 11) is 0. The highest BCUT2D eigenvalue weighted by molar-refractivity contribution is 5.76. The van der Waals surface area contributed by atoms with Gasteiger partial charge in [-0.15, -0.1) is 0 Å². The molecule has 0 aliphatic carbocycles. The third-order valence-electron chi connectivity index (χ3n) is 3.69. The molecule has 0 radical (unpaired) electrons. The van der Waals surface area contributed by atoms with Crippen molar-refractivity contribution < 1.29 is 15.0 Å². The first kappa shape index (κ1) is 14.0. The minimum Gasteiger partial charge on any atom is -0.481 e. The summed E-state index contributed by atoms with van der Waals surface area (Å²) >= 11 is 0. The van der Waals surface area contributed by atoms with E-state index < -0.39 is 17.5 Å². The van der Waals surface area contributed by atoms with Gasteiger partial charge in [-0.25, -0.2) is 0 Å². The van der Waals surface area contributed by atoms with Crippen molar-refractivity contribution in [1.82, 2.24) is 4.90 Å². The second kappa shape index (κ2) is 5.72. The Balaban J connectivity index is 2.08. The van der Waals surface area contributed by atoms with Gasteiger partial charge < -0.3 is 10.2 Å². The van der Waals surface area contributed by atoms with Gasteiger partial charge in [0.05, 0.1) is 11.5 Å². The Morgan fingerprint density at radius 3 is 2.68 bits per heavy atom. The summed E-state index contributed by atoms with van der Waals surface area (Å²) in [6.07, 6.45) is 1.70. The SMILES string of the molecule is CC1(O)CCCN(CC(C(=O)O)c2ccccc2)C1. The summed E-state index contributed by atoms with van der Waals surface area (Å²) in [5, 5.41) is 19.5. The summed E-state index contributed by atoms with van der Waals surface area (Å²) in [5.41, 5.74) is 0.123. The molecule has 0 bridgehead atoms. The molecule has 2 rings (SSSR count). The van der Waals surface area contributed by atoms with Gasteiger partial charge in [0, 0.05) is 13.1 Å². The second-order valence-electron chi connectivity index (χ2n) is 5.64. The van der Waals surface area contributed by atoms with Crippen molar-refractivity contribution in [2.45, 2.75) is 31.3 Å². The van der Waals surface area contributed by atoms with Crippen molar-refractivity contribution in [3.05, 3.63) is 35.9 Å². The number of likely N-dealkylation sites (tertiary alicyclic amines) is 1. The van der Waals surface area contributed by atoms with E-state index in [0.717, 1.165) is 24.9 Å². The van der Waals surface area contributed by atoms with Gasteiger partial charge in [0.1, 0.15) is 0 Å². The molecule has 1 aliphatic rings. The van der Waals surface area contributed by atoms with Gasteiger partial charge in [-0.05, 0) is 31.9 Å². The maximum absolute atomic E-state index is 11.4. The number of aliphatic hydroxyl groups is 1. The second-order valence-corrected chi connectivity index (χ2v) is 5.64. The first-order valence-electron chi connectivity index (χ1n) is 6.70. The van der Waals surface area contributed by atoms with Crippen LogP contribution in [0.25, 0.3) is 0 Å². The van der Waals surface area contributed by atoms with Crippen molar-refractivity contribution in [2.24, 2.45) is 0 Å². The normalized spacial score (nSPS) is 26.0. The van der Waals surface area contributed by atoms with Crippen LogP contribution in [-0.2, 0) is 4.79 Å². The van der Waals surface area contributed by atoms with Crippen LogP contribution < -0.4 is 0 Å². The summed E-state index contributed by atoms with van der Waals surface area (Å²) in [6.45, 7) is 3.67. The predicted octanol–water partition coefficient (Wildman–Crippen LogP) is 1.70. The number of nitrogens with zero attached hydrogens (tertiary/aromatic N) is 1. The molecule has 2 N–H and O–H groups in total. The average molecular weight is 263 g/mol. The van der Waals surface area contributed by atoms with E-state index in [0.29, 0.717) is 13.1 Å². The van der Waals surface area contributed by atoms with E-state index in [-0.39, 0.29) is 0 Å². The Labute approximate surface area is 113 Å². The monoisotopic (exact) mass is 263 g/mol. The first-order chi connectivity index (χ1) is 8.98. The third-order valence-corrected chi connectivity index (χ3v) is 3.69. The van der Waals surface area contributed by atoms with E-state index in [9.17, 15) is 15.0 Å². The molecule has 1 saturated heterocycles. The molecule has 4 heteroatoms. The van der Waals surface area contributed by atoms with Crippen LogP contribution in [0.15, 0.2) is 30.3 Å². The zero-order valence-electron chi connectivity index (χ0n) is 11.2. The molecular weight excluding hydrogens is 242 g/mol. The Hall–Kier alpha value is -1.39. The highest BCUT2D eigenvalue weighted by Crippen LogP contribution is 2.24. The average Bonchev–Trinajstić information content (AvgIpc) is 2.35.